The lowest BCUT2D eigenvalue weighted by atomic mass is 10.0. The molecule has 2 aliphatic heterocycles. The number of hydrazone groups is 1. The summed E-state index contributed by atoms with van der Waals surface area (Å²) in [5, 5.41) is 8.52. The first-order valence-corrected chi connectivity index (χ1v) is 10.6. The van der Waals surface area contributed by atoms with Crippen molar-refractivity contribution < 1.29 is 23.5 Å². The number of rotatable bonds is 7. The Hall–Kier alpha value is -3.62. The highest BCUT2D eigenvalue weighted by molar-refractivity contribution is 6.07. The van der Waals surface area contributed by atoms with E-state index in [0.717, 1.165) is 16.2 Å². The first-order valence-electron chi connectivity index (χ1n) is 10.6. The van der Waals surface area contributed by atoms with Crippen molar-refractivity contribution >= 4 is 23.6 Å². The first-order chi connectivity index (χ1) is 15.4. The fourth-order valence-electron chi connectivity index (χ4n) is 3.97. The van der Waals surface area contributed by atoms with Crippen LogP contribution in [0.5, 0.6) is 5.75 Å². The molecule has 32 heavy (non-hydrogen) atoms. The fourth-order valence-corrected chi connectivity index (χ4v) is 3.97. The maximum absolute atomic E-state index is 13.2. The molecule has 168 valence electrons. The molecule has 1 saturated heterocycles. The number of ether oxygens (including phenoxy) is 1. The Bertz CT molecular complexity index is 1030. The number of benzene rings is 1. The Kier molecular flexibility index (Phi) is 5.98. The van der Waals surface area contributed by atoms with Gasteiger partial charge in [-0.15, -0.1) is 0 Å². The topological polar surface area (TPSA) is 104 Å². The molecular formula is C23H26N4O5. The van der Waals surface area contributed by atoms with Crippen LogP contribution in [0, 0.1) is 5.92 Å². The minimum Gasteiger partial charge on any atom is -0.497 e. The van der Waals surface area contributed by atoms with Crippen molar-refractivity contribution in [2.24, 2.45) is 11.0 Å². The molecule has 0 saturated carbocycles. The van der Waals surface area contributed by atoms with Gasteiger partial charge in [-0.3, -0.25) is 14.5 Å². The number of carbonyl (C=O) groups is 3. The van der Waals surface area contributed by atoms with Crippen molar-refractivity contribution in [1.82, 2.24) is 15.2 Å². The number of carbonyl (C=O) groups excluding carboxylic acids is 3. The zero-order valence-corrected chi connectivity index (χ0v) is 18.3. The van der Waals surface area contributed by atoms with Crippen molar-refractivity contribution in [3.05, 3.63) is 54.0 Å². The van der Waals surface area contributed by atoms with E-state index < -0.39 is 24.0 Å². The average Bonchev–Trinajstić information content (AvgIpc) is 3.50. The van der Waals surface area contributed by atoms with Gasteiger partial charge < -0.3 is 14.5 Å². The number of hydrogen-bond donors (Lipinski definition) is 1. The molecule has 1 aromatic heterocycles. The largest absolute Gasteiger partial charge is 0.497 e. The maximum atomic E-state index is 13.2. The SMILES string of the molecule is COc1ccc(C2=NN(C(=O)CN3C(=O)NC(CC(C)C)C3=O)C(c3ccco3)C2)cc1. The summed E-state index contributed by atoms with van der Waals surface area (Å²) in [6, 6.07) is 9.31. The second-order valence-corrected chi connectivity index (χ2v) is 8.30. The monoisotopic (exact) mass is 438 g/mol. The van der Waals surface area contributed by atoms with E-state index in [4.69, 9.17) is 9.15 Å². The molecule has 2 aliphatic rings. The highest BCUT2D eigenvalue weighted by Crippen LogP contribution is 2.33. The number of methoxy groups -OCH3 is 1. The summed E-state index contributed by atoms with van der Waals surface area (Å²) in [4.78, 5) is 39.2. The van der Waals surface area contributed by atoms with Crippen LogP contribution in [0.15, 0.2) is 52.2 Å². The predicted octanol–water partition coefficient (Wildman–Crippen LogP) is 2.93. The Morgan fingerprint density at radius 1 is 1.25 bits per heavy atom. The Morgan fingerprint density at radius 2 is 2.00 bits per heavy atom. The van der Waals surface area contributed by atoms with Crippen LogP contribution in [0.2, 0.25) is 0 Å². The summed E-state index contributed by atoms with van der Waals surface area (Å²) in [6.45, 7) is 3.57. The first kappa shape index (κ1) is 21.6. The Labute approximate surface area is 186 Å². The lowest BCUT2D eigenvalue weighted by molar-refractivity contribution is -0.138. The number of hydrogen-bond acceptors (Lipinski definition) is 6. The number of imide groups is 1. The standard InChI is InChI=1S/C23H26N4O5/c1-14(2)11-18-22(29)26(23(30)24-18)13-21(28)27-19(20-5-4-10-32-20)12-17(25-27)15-6-8-16(31-3)9-7-15/h4-10,14,18-19H,11-13H2,1-3H3,(H,24,30). The van der Waals surface area contributed by atoms with Crippen LogP contribution < -0.4 is 10.1 Å². The van der Waals surface area contributed by atoms with Crippen molar-refractivity contribution in [1.29, 1.82) is 0 Å². The van der Waals surface area contributed by atoms with E-state index in [1.54, 1.807) is 19.2 Å². The number of furan rings is 1. The van der Waals surface area contributed by atoms with Crippen molar-refractivity contribution in [2.75, 3.05) is 13.7 Å². The molecule has 0 bridgehead atoms. The highest BCUT2D eigenvalue weighted by atomic mass is 16.5. The molecule has 4 rings (SSSR count). The second-order valence-electron chi connectivity index (χ2n) is 8.30. The molecule has 1 aromatic carbocycles. The van der Waals surface area contributed by atoms with Gasteiger partial charge in [-0.2, -0.15) is 5.10 Å². The summed E-state index contributed by atoms with van der Waals surface area (Å²) >= 11 is 0. The molecule has 1 fully saturated rings. The van der Waals surface area contributed by atoms with Gasteiger partial charge in [0.2, 0.25) is 0 Å². The van der Waals surface area contributed by atoms with Crippen molar-refractivity contribution in [3.63, 3.8) is 0 Å². The van der Waals surface area contributed by atoms with Crippen LogP contribution in [0.4, 0.5) is 4.79 Å². The molecule has 2 unspecified atom stereocenters. The fraction of sp³-hybridized carbons (Fsp3) is 0.391. The molecule has 9 heteroatoms. The van der Waals surface area contributed by atoms with E-state index >= 15 is 0 Å². The lowest BCUT2D eigenvalue weighted by Gasteiger charge is -2.22. The van der Waals surface area contributed by atoms with Gasteiger partial charge in [-0.25, -0.2) is 9.80 Å². The van der Waals surface area contributed by atoms with Crippen LogP contribution in [0.1, 0.15) is 44.1 Å². The molecule has 9 nitrogen and oxygen atoms in total. The zero-order chi connectivity index (χ0) is 22.8. The van der Waals surface area contributed by atoms with E-state index in [0.29, 0.717) is 24.3 Å². The quantitative estimate of drug-likeness (QED) is 0.670. The number of amides is 4. The van der Waals surface area contributed by atoms with E-state index in [-0.39, 0.29) is 18.4 Å². The van der Waals surface area contributed by atoms with E-state index in [1.165, 1.54) is 11.3 Å². The number of urea groups is 1. The molecule has 3 heterocycles. The van der Waals surface area contributed by atoms with Gasteiger partial charge >= 0.3 is 6.03 Å². The molecule has 2 aromatic rings. The summed E-state index contributed by atoms with van der Waals surface area (Å²) in [7, 11) is 1.59. The predicted molar refractivity (Wildman–Crippen MR) is 116 cm³/mol. The Morgan fingerprint density at radius 3 is 2.62 bits per heavy atom. The van der Waals surface area contributed by atoms with Crippen LogP contribution in [0.3, 0.4) is 0 Å². The summed E-state index contributed by atoms with van der Waals surface area (Å²) in [6.07, 6.45) is 2.51. The third-order valence-corrected chi connectivity index (χ3v) is 5.57. The third kappa shape index (κ3) is 4.23. The minimum atomic E-state index is -0.604. The van der Waals surface area contributed by atoms with Gasteiger partial charge in [-0.1, -0.05) is 13.8 Å². The zero-order valence-electron chi connectivity index (χ0n) is 18.3. The smallest absolute Gasteiger partial charge is 0.325 e. The van der Waals surface area contributed by atoms with Crippen LogP contribution >= 0.6 is 0 Å². The van der Waals surface area contributed by atoms with Crippen LogP contribution in [0.25, 0.3) is 0 Å². The number of nitrogens with one attached hydrogen (secondary N) is 1. The van der Waals surface area contributed by atoms with E-state index in [1.807, 2.05) is 38.1 Å². The summed E-state index contributed by atoms with van der Waals surface area (Å²) < 4.78 is 10.7. The van der Waals surface area contributed by atoms with Gasteiger partial charge in [0.25, 0.3) is 11.8 Å². The molecule has 4 amide bonds. The van der Waals surface area contributed by atoms with Crippen molar-refractivity contribution in [3.8, 4) is 5.75 Å². The molecule has 0 radical (unpaired) electrons. The molecule has 0 aliphatic carbocycles. The highest BCUT2D eigenvalue weighted by Gasteiger charge is 2.42. The summed E-state index contributed by atoms with van der Waals surface area (Å²) in [5.74, 6) is 0.699. The lowest BCUT2D eigenvalue weighted by Crippen LogP contribution is -2.41. The molecular weight excluding hydrogens is 412 g/mol. The average molecular weight is 438 g/mol. The number of nitrogens with zero attached hydrogens (tertiary/aromatic N) is 3. The van der Waals surface area contributed by atoms with E-state index in [9.17, 15) is 14.4 Å². The molecule has 2 atom stereocenters. The molecule has 1 N–H and O–H groups in total. The van der Waals surface area contributed by atoms with Crippen LogP contribution in [-0.4, -0.2) is 53.2 Å². The molecule has 0 spiro atoms. The van der Waals surface area contributed by atoms with Crippen molar-refractivity contribution in [2.45, 2.75) is 38.8 Å². The maximum Gasteiger partial charge on any atom is 0.325 e. The van der Waals surface area contributed by atoms with Gasteiger partial charge in [-0.05, 0) is 54.3 Å². The van der Waals surface area contributed by atoms with Gasteiger partial charge in [0.15, 0.2) is 0 Å². The van der Waals surface area contributed by atoms with E-state index in [2.05, 4.69) is 10.4 Å². The third-order valence-electron chi connectivity index (χ3n) is 5.57. The minimum absolute atomic E-state index is 0.235. The van der Waals surface area contributed by atoms with Gasteiger partial charge in [0.05, 0.1) is 19.1 Å². The second kappa shape index (κ2) is 8.86. The summed E-state index contributed by atoms with van der Waals surface area (Å²) in [5.41, 5.74) is 1.56. The normalized spacial score (nSPS) is 20.7. The Balaban J connectivity index is 1.55. The van der Waals surface area contributed by atoms with Gasteiger partial charge in [0, 0.05) is 6.42 Å². The van der Waals surface area contributed by atoms with Gasteiger partial charge in [0.1, 0.15) is 30.1 Å². The van der Waals surface area contributed by atoms with Crippen LogP contribution in [-0.2, 0) is 9.59 Å².